The molecular weight excluding hydrogens is 292 g/mol. The van der Waals surface area contributed by atoms with Crippen LogP contribution in [0.25, 0.3) is 11.1 Å². The first-order chi connectivity index (χ1) is 10.1. The van der Waals surface area contributed by atoms with Crippen molar-refractivity contribution in [3.05, 3.63) is 53.8 Å². The smallest absolute Gasteiger partial charge is 0.431 e. The largest absolute Gasteiger partial charge is 0.488 e. The number of thioether (sulfide) groups is 1. The zero-order valence-electron chi connectivity index (χ0n) is 10.9. The summed E-state index contributed by atoms with van der Waals surface area (Å²) in [5.41, 5.74) is 2.23. The highest BCUT2D eigenvalue weighted by Crippen LogP contribution is 2.26. The molecule has 106 valence electrons. The van der Waals surface area contributed by atoms with Crippen molar-refractivity contribution in [1.82, 2.24) is 4.98 Å². The van der Waals surface area contributed by atoms with Gasteiger partial charge in [-0.1, -0.05) is 30.0 Å². The Morgan fingerprint density at radius 3 is 2.76 bits per heavy atom. The Hall–Kier alpha value is -1.83. The number of benzene rings is 2. The van der Waals surface area contributed by atoms with Crippen LogP contribution in [0.4, 0.5) is 4.39 Å². The number of oxazole rings is 1. The minimum Gasteiger partial charge on any atom is -0.431 e. The van der Waals surface area contributed by atoms with Gasteiger partial charge in [0, 0.05) is 5.75 Å². The fraction of sp³-hybridized carbons (Fsp3) is 0.0714. The highest BCUT2D eigenvalue weighted by atomic mass is 32.2. The maximum absolute atomic E-state index is 13.4. The highest BCUT2D eigenvalue weighted by Gasteiger charge is 2.14. The van der Waals surface area contributed by atoms with E-state index < -0.39 is 12.9 Å². The lowest BCUT2D eigenvalue weighted by Gasteiger charge is -2.04. The average molecular weight is 303 g/mol. The summed E-state index contributed by atoms with van der Waals surface area (Å²) in [4.78, 5) is 4.31. The Balaban J connectivity index is 1.78. The molecule has 0 bridgehead atoms. The summed E-state index contributed by atoms with van der Waals surface area (Å²) in [6.45, 7) is 0. The van der Waals surface area contributed by atoms with E-state index in [1.807, 2.05) is 24.3 Å². The second kappa shape index (κ2) is 5.89. The number of hydrogen-bond acceptors (Lipinski definition) is 5. The van der Waals surface area contributed by atoms with Crippen LogP contribution in [0.5, 0.6) is 0 Å². The number of fused-ring (bicyclic) bond motifs is 1. The lowest BCUT2D eigenvalue weighted by molar-refractivity contribution is 0.425. The fourth-order valence-electron chi connectivity index (χ4n) is 1.97. The monoisotopic (exact) mass is 303 g/mol. The van der Waals surface area contributed by atoms with Gasteiger partial charge in [0.15, 0.2) is 5.58 Å². The summed E-state index contributed by atoms with van der Waals surface area (Å²) >= 11 is 1.32. The molecule has 1 aromatic heterocycles. The Labute approximate surface area is 124 Å². The van der Waals surface area contributed by atoms with E-state index in [-0.39, 0.29) is 5.46 Å². The van der Waals surface area contributed by atoms with Gasteiger partial charge in [-0.3, -0.25) is 0 Å². The topological polar surface area (TPSA) is 66.5 Å². The predicted octanol–water partition coefficient (Wildman–Crippen LogP) is 1.94. The molecule has 2 aromatic carbocycles. The number of nitrogens with zero attached hydrogens (tertiary/aromatic N) is 1. The molecule has 0 radical (unpaired) electrons. The minimum atomic E-state index is -1.69. The molecule has 0 fully saturated rings. The van der Waals surface area contributed by atoms with E-state index in [0.29, 0.717) is 22.1 Å². The van der Waals surface area contributed by atoms with Gasteiger partial charge in [-0.2, -0.15) is 0 Å². The molecular formula is C14H11BFNO3S. The first kappa shape index (κ1) is 14.1. The Morgan fingerprint density at radius 2 is 2.00 bits per heavy atom. The third kappa shape index (κ3) is 3.26. The summed E-state index contributed by atoms with van der Waals surface area (Å²) in [7, 11) is -1.69. The normalized spacial score (nSPS) is 11.0. The van der Waals surface area contributed by atoms with Gasteiger partial charge < -0.3 is 14.5 Å². The highest BCUT2D eigenvalue weighted by molar-refractivity contribution is 7.98. The zero-order valence-corrected chi connectivity index (χ0v) is 11.7. The molecule has 0 atom stereocenters. The van der Waals surface area contributed by atoms with Crippen LogP contribution in [0.1, 0.15) is 5.56 Å². The van der Waals surface area contributed by atoms with E-state index >= 15 is 0 Å². The molecule has 7 heteroatoms. The number of aromatic nitrogens is 1. The third-order valence-corrected chi connectivity index (χ3v) is 3.81. The standard InChI is InChI=1S/C14H11BFNO3S/c16-11-6-9(5-10(7-11)15(18)19)8-21-14-17-12-3-1-2-4-13(12)20-14/h1-7,18-19H,8H2. The van der Waals surface area contributed by atoms with Crippen LogP contribution in [0, 0.1) is 5.82 Å². The molecule has 1 heterocycles. The molecule has 0 aliphatic heterocycles. The first-order valence-corrected chi connectivity index (χ1v) is 7.24. The summed E-state index contributed by atoms with van der Waals surface area (Å²) < 4.78 is 19.0. The molecule has 0 aliphatic rings. The van der Waals surface area contributed by atoms with Crippen LogP contribution in [-0.2, 0) is 5.75 Å². The van der Waals surface area contributed by atoms with E-state index in [1.165, 1.54) is 17.8 Å². The van der Waals surface area contributed by atoms with Gasteiger partial charge in [-0.05, 0) is 35.3 Å². The molecule has 0 aliphatic carbocycles. The number of halogens is 1. The summed E-state index contributed by atoms with van der Waals surface area (Å²) in [5.74, 6) is -0.0848. The second-order valence-electron chi connectivity index (χ2n) is 4.50. The molecule has 0 saturated carbocycles. The Kier molecular flexibility index (Phi) is 3.96. The van der Waals surface area contributed by atoms with Gasteiger partial charge in [-0.25, -0.2) is 9.37 Å². The van der Waals surface area contributed by atoms with Crippen LogP contribution in [0.15, 0.2) is 52.1 Å². The van der Waals surface area contributed by atoms with Crippen molar-refractivity contribution in [2.24, 2.45) is 0 Å². The second-order valence-corrected chi connectivity index (χ2v) is 5.43. The number of para-hydroxylation sites is 2. The van der Waals surface area contributed by atoms with Crippen molar-refractivity contribution in [1.29, 1.82) is 0 Å². The molecule has 2 N–H and O–H groups in total. The van der Waals surface area contributed by atoms with Gasteiger partial charge >= 0.3 is 7.12 Å². The average Bonchev–Trinajstić information content (AvgIpc) is 2.87. The SMILES string of the molecule is OB(O)c1cc(F)cc(CSc2nc3ccccc3o2)c1. The van der Waals surface area contributed by atoms with Crippen LogP contribution < -0.4 is 5.46 Å². The van der Waals surface area contributed by atoms with Gasteiger partial charge in [-0.15, -0.1) is 0 Å². The van der Waals surface area contributed by atoms with E-state index in [0.717, 1.165) is 11.6 Å². The molecule has 4 nitrogen and oxygen atoms in total. The van der Waals surface area contributed by atoms with E-state index in [9.17, 15) is 4.39 Å². The lowest BCUT2D eigenvalue weighted by atomic mass is 9.79. The Bertz CT molecular complexity index is 745. The molecule has 0 saturated heterocycles. The van der Waals surface area contributed by atoms with Crippen molar-refractivity contribution in [2.75, 3.05) is 0 Å². The molecule has 0 amide bonds. The Morgan fingerprint density at radius 1 is 1.19 bits per heavy atom. The van der Waals surface area contributed by atoms with Crippen molar-refractivity contribution in [3.63, 3.8) is 0 Å². The molecule has 0 spiro atoms. The van der Waals surface area contributed by atoms with Crippen molar-refractivity contribution >= 4 is 35.4 Å². The molecule has 3 rings (SSSR count). The third-order valence-electron chi connectivity index (χ3n) is 2.91. The quantitative estimate of drug-likeness (QED) is 0.569. The van der Waals surface area contributed by atoms with E-state index in [4.69, 9.17) is 14.5 Å². The predicted molar refractivity (Wildman–Crippen MR) is 79.8 cm³/mol. The summed E-state index contributed by atoms with van der Waals surface area (Å²) in [6.07, 6.45) is 0. The number of hydrogen-bond donors (Lipinski definition) is 2. The van der Waals surface area contributed by atoms with Crippen LogP contribution in [-0.4, -0.2) is 22.2 Å². The lowest BCUT2D eigenvalue weighted by Crippen LogP contribution is -2.30. The van der Waals surface area contributed by atoms with Crippen molar-refractivity contribution in [2.45, 2.75) is 11.0 Å². The van der Waals surface area contributed by atoms with Gasteiger partial charge in [0.1, 0.15) is 11.3 Å². The van der Waals surface area contributed by atoms with Gasteiger partial charge in [0.2, 0.25) is 0 Å². The first-order valence-electron chi connectivity index (χ1n) is 6.26. The zero-order chi connectivity index (χ0) is 14.8. The van der Waals surface area contributed by atoms with Crippen LogP contribution >= 0.6 is 11.8 Å². The van der Waals surface area contributed by atoms with E-state index in [1.54, 1.807) is 6.07 Å². The van der Waals surface area contributed by atoms with E-state index in [2.05, 4.69) is 4.98 Å². The van der Waals surface area contributed by atoms with Gasteiger partial charge in [0.25, 0.3) is 5.22 Å². The minimum absolute atomic E-state index is 0.128. The fourth-order valence-corrected chi connectivity index (χ4v) is 2.73. The van der Waals surface area contributed by atoms with Crippen LogP contribution in [0.2, 0.25) is 0 Å². The maximum Gasteiger partial charge on any atom is 0.488 e. The number of rotatable bonds is 4. The maximum atomic E-state index is 13.4. The summed E-state index contributed by atoms with van der Waals surface area (Å²) in [5, 5.41) is 18.7. The molecule has 21 heavy (non-hydrogen) atoms. The molecule has 3 aromatic rings. The summed E-state index contributed by atoms with van der Waals surface area (Å²) in [6, 6.07) is 11.4. The molecule has 0 unspecified atom stereocenters. The van der Waals surface area contributed by atoms with Crippen molar-refractivity contribution < 1.29 is 18.9 Å². The van der Waals surface area contributed by atoms with Crippen LogP contribution in [0.3, 0.4) is 0 Å². The van der Waals surface area contributed by atoms with Gasteiger partial charge in [0.05, 0.1) is 0 Å². The van der Waals surface area contributed by atoms with Crippen molar-refractivity contribution in [3.8, 4) is 0 Å².